The van der Waals surface area contributed by atoms with Crippen molar-refractivity contribution >= 4 is 43.2 Å². The first-order chi connectivity index (χ1) is 8.22. The maximum Gasteiger partial charge on any atom is 0.0954 e. The molecule has 2 aromatic rings. The second kappa shape index (κ2) is 6.18. The molecule has 92 valence electrons. The first-order valence-electron chi connectivity index (χ1n) is 5.42. The van der Waals surface area contributed by atoms with E-state index in [1.54, 1.807) is 23.9 Å². The van der Waals surface area contributed by atoms with Crippen LogP contribution in [-0.4, -0.2) is 6.54 Å². The highest BCUT2D eigenvalue weighted by atomic mass is 79.9. The number of rotatable bonds is 5. The summed E-state index contributed by atoms with van der Waals surface area (Å²) in [5, 5.41) is 3.54. The van der Waals surface area contributed by atoms with Crippen molar-refractivity contribution in [3.63, 3.8) is 0 Å². The van der Waals surface area contributed by atoms with Gasteiger partial charge in [0, 0.05) is 14.9 Å². The number of halogens is 2. The average molecular weight is 379 g/mol. The van der Waals surface area contributed by atoms with E-state index in [9.17, 15) is 0 Å². The SMILES string of the molecule is CCCNC(c1ccoc1)c1cc(Br)c(Br)s1. The van der Waals surface area contributed by atoms with Gasteiger partial charge in [0.15, 0.2) is 0 Å². The second-order valence-electron chi connectivity index (χ2n) is 3.71. The summed E-state index contributed by atoms with van der Waals surface area (Å²) in [6, 6.07) is 4.37. The molecule has 0 saturated heterocycles. The third-order valence-electron chi connectivity index (χ3n) is 2.42. The average Bonchev–Trinajstić information content (AvgIpc) is 2.92. The predicted octanol–water partition coefficient (Wildman–Crippen LogP) is 4.96. The number of hydrogen-bond donors (Lipinski definition) is 1. The van der Waals surface area contributed by atoms with E-state index >= 15 is 0 Å². The molecule has 0 radical (unpaired) electrons. The number of hydrogen-bond acceptors (Lipinski definition) is 3. The van der Waals surface area contributed by atoms with Crippen molar-refractivity contribution in [2.24, 2.45) is 0 Å². The lowest BCUT2D eigenvalue weighted by Crippen LogP contribution is -2.21. The van der Waals surface area contributed by atoms with E-state index in [2.05, 4.69) is 50.2 Å². The molecule has 0 fully saturated rings. The second-order valence-corrected chi connectivity index (χ2v) is 6.97. The normalized spacial score (nSPS) is 12.9. The summed E-state index contributed by atoms with van der Waals surface area (Å²) in [4.78, 5) is 1.28. The molecule has 5 heteroatoms. The van der Waals surface area contributed by atoms with Crippen molar-refractivity contribution in [3.8, 4) is 0 Å². The molecule has 0 aliphatic rings. The van der Waals surface area contributed by atoms with Crippen LogP contribution in [0.1, 0.15) is 29.8 Å². The Morgan fingerprint density at radius 3 is 2.82 bits per heavy atom. The van der Waals surface area contributed by atoms with Crippen molar-refractivity contribution in [2.45, 2.75) is 19.4 Å². The molecule has 0 aliphatic carbocycles. The van der Waals surface area contributed by atoms with Crippen molar-refractivity contribution in [3.05, 3.63) is 43.4 Å². The molecule has 2 rings (SSSR count). The van der Waals surface area contributed by atoms with Crippen LogP contribution in [0.4, 0.5) is 0 Å². The van der Waals surface area contributed by atoms with Gasteiger partial charge in [0.25, 0.3) is 0 Å². The Kier molecular flexibility index (Phi) is 4.85. The maximum atomic E-state index is 5.18. The van der Waals surface area contributed by atoms with E-state index in [1.165, 1.54) is 10.4 Å². The summed E-state index contributed by atoms with van der Waals surface area (Å²) in [5.41, 5.74) is 1.17. The van der Waals surface area contributed by atoms with Crippen LogP contribution in [-0.2, 0) is 0 Å². The molecule has 0 aromatic carbocycles. The molecule has 17 heavy (non-hydrogen) atoms. The molecule has 1 unspecified atom stereocenters. The monoisotopic (exact) mass is 377 g/mol. The summed E-state index contributed by atoms with van der Waals surface area (Å²) in [7, 11) is 0. The number of nitrogens with one attached hydrogen (secondary N) is 1. The molecule has 2 heterocycles. The van der Waals surface area contributed by atoms with Gasteiger partial charge in [-0.15, -0.1) is 11.3 Å². The van der Waals surface area contributed by atoms with Gasteiger partial charge in [0.05, 0.1) is 22.4 Å². The number of thiophene rings is 1. The summed E-state index contributed by atoms with van der Waals surface area (Å²) in [6.45, 7) is 3.16. The van der Waals surface area contributed by atoms with E-state index in [1.807, 2.05) is 6.07 Å². The lowest BCUT2D eigenvalue weighted by atomic mass is 10.1. The van der Waals surface area contributed by atoms with Crippen LogP contribution in [0.2, 0.25) is 0 Å². The molecule has 0 amide bonds. The molecule has 0 bridgehead atoms. The summed E-state index contributed by atoms with van der Waals surface area (Å²) < 4.78 is 7.40. The Labute approximate surface area is 122 Å². The van der Waals surface area contributed by atoms with Crippen LogP contribution >= 0.6 is 43.2 Å². The molecular weight excluding hydrogens is 366 g/mol. The molecule has 1 N–H and O–H groups in total. The van der Waals surface area contributed by atoms with Crippen molar-refractivity contribution in [2.75, 3.05) is 6.54 Å². The van der Waals surface area contributed by atoms with Gasteiger partial charge in [-0.05, 0) is 57.0 Å². The molecule has 2 aromatic heterocycles. The minimum atomic E-state index is 0.210. The molecule has 0 aliphatic heterocycles. The first kappa shape index (κ1) is 13.3. The highest BCUT2D eigenvalue weighted by Crippen LogP contribution is 2.37. The van der Waals surface area contributed by atoms with E-state index in [0.29, 0.717) is 0 Å². The van der Waals surface area contributed by atoms with Gasteiger partial charge in [-0.3, -0.25) is 0 Å². The van der Waals surface area contributed by atoms with E-state index in [-0.39, 0.29) is 6.04 Å². The van der Waals surface area contributed by atoms with Gasteiger partial charge < -0.3 is 9.73 Å². The van der Waals surface area contributed by atoms with Crippen molar-refractivity contribution < 1.29 is 4.42 Å². The zero-order chi connectivity index (χ0) is 12.3. The van der Waals surface area contributed by atoms with E-state index in [4.69, 9.17) is 4.42 Å². The predicted molar refractivity (Wildman–Crippen MR) is 78.6 cm³/mol. The van der Waals surface area contributed by atoms with Crippen LogP contribution in [0.5, 0.6) is 0 Å². The summed E-state index contributed by atoms with van der Waals surface area (Å²) in [5.74, 6) is 0. The maximum absolute atomic E-state index is 5.18. The van der Waals surface area contributed by atoms with Gasteiger partial charge in [0.2, 0.25) is 0 Å². The van der Waals surface area contributed by atoms with E-state index < -0.39 is 0 Å². The quantitative estimate of drug-likeness (QED) is 0.795. The van der Waals surface area contributed by atoms with Crippen LogP contribution < -0.4 is 5.32 Å². The molecular formula is C12H13Br2NOS. The fraction of sp³-hybridized carbons (Fsp3) is 0.333. The first-order valence-corrected chi connectivity index (χ1v) is 7.82. The Balaban J connectivity index is 2.26. The molecule has 1 atom stereocenters. The molecule has 0 spiro atoms. The molecule has 0 saturated carbocycles. The summed E-state index contributed by atoms with van der Waals surface area (Å²) >= 11 is 8.80. The van der Waals surface area contributed by atoms with Crippen LogP contribution in [0.25, 0.3) is 0 Å². The van der Waals surface area contributed by atoms with Crippen molar-refractivity contribution in [1.82, 2.24) is 5.32 Å². The van der Waals surface area contributed by atoms with Crippen LogP contribution in [0.3, 0.4) is 0 Å². The van der Waals surface area contributed by atoms with Gasteiger partial charge in [-0.2, -0.15) is 0 Å². The highest BCUT2D eigenvalue weighted by Gasteiger charge is 2.18. The standard InChI is InChI=1S/C12H13Br2NOS/c1-2-4-15-11(8-3-5-16-7-8)10-6-9(13)12(14)17-10/h3,5-7,11,15H,2,4H2,1H3. The Morgan fingerprint density at radius 2 is 2.29 bits per heavy atom. The largest absolute Gasteiger partial charge is 0.472 e. The summed E-state index contributed by atoms with van der Waals surface area (Å²) in [6.07, 6.45) is 4.63. The zero-order valence-corrected chi connectivity index (χ0v) is 13.4. The molecule has 2 nitrogen and oxygen atoms in total. The topological polar surface area (TPSA) is 25.2 Å². The van der Waals surface area contributed by atoms with E-state index in [0.717, 1.165) is 21.2 Å². The lowest BCUT2D eigenvalue weighted by Gasteiger charge is -2.15. The van der Waals surface area contributed by atoms with Gasteiger partial charge in [-0.25, -0.2) is 0 Å². The van der Waals surface area contributed by atoms with Gasteiger partial charge in [0.1, 0.15) is 0 Å². The Bertz CT molecular complexity index is 447. The third kappa shape index (κ3) is 3.22. The highest BCUT2D eigenvalue weighted by molar-refractivity contribution is 9.13. The minimum absolute atomic E-state index is 0.210. The fourth-order valence-electron chi connectivity index (χ4n) is 1.62. The zero-order valence-electron chi connectivity index (χ0n) is 9.37. The van der Waals surface area contributed by atoms with Gasteiger partial charge in [-0.1, -0.05) is 6.92 Å². The van der Waals surface area contributed by atoms with Crippen LogP contribution in [0.15, 0.2) is 37.3 Å². The number of furan rings is 1. The lowest BCUT2D eigenvalue weighted by molar-refractivity contribution is 0.550. The fourth-order valence-corrected chi connectivity index (χ4v) is 3.81. The smallest absolute Gasteiger partial charge is 0.0954 e. The van der Waals surface area contributed by atoms with Crippen LogP contribution in [0, 0.1) is 0 Å². The third-order valence-corrected chi connectivity index (χ3v) is 5.74. The minimum Gasteiger partial charge on any atom is -0.472 e. The Hall–Kier alpha value is -0.1000. The van der Waals surface area contributed by atoms with Crippen molar-refractivity contribution in [1.29, 1.82) is 0 Å². The Morgan fingerprint density at radius 1 is 1.47 bits per heavy atom. The van der Waals surface area contributed by atoms with Gasteiger partial charge >= 0.3 is 0 Å².